The van der Waals surface area contributed by atoms with Crippen LogP contribution in [0.4, 0.5) is 17.1 Å². The topological polar surface area (TPSA) is 58.4 Å². The number of halogens is 1. The van der Waals surface area contributed by atoms with Crippen LogP contribution in [0.15, 0.2) is 42.5 Å². The van der Waals surface area contributed by atoms with Gasteiger partial charge in [0.15, 0.2) is 0 Å². The molecule has 0 aliphatic rings. The van der Waals surface area contributed by atoms with Gasteiger partial charge in [-0.05, 0) is 36.4 Å². The zero-order valence-corrected chi connectivity index (χ0v) is 12.1. The van der Waals surface area contributed by atoms with Gasteiger partial charge in [-0.1, -0.05) is 17.7 Å². The van der Waals surface area contributed by atoms with Crippen molar-refractivity contribution in [2.45, 2.75) is 0 Å². The highest BCUT2D eigenvalue weighted by Gasteiger charge is 2.10. The number of amides is 1. The van der Waals surface area contributed by atoms with Crippen LogP contribution < -0.4 is 11.1 Å². The summed E-state index contributed by atoms with van der Waals surface area (Å²) >= 11 is 5.93. The summed E-state index contributed by atoms with van der Waals surface area (Å²) in [4.78, 5) is 13.4. The van der Waals surface area contributed by atoms with E-state index in [4.69, 9.17) is 17.3 Å². The lowest BCUT2D eigenvalue weighted by Crippen LogP contribution is -2.21. The first-order valence-electron chi connectivity index (χ1n) is 6.11. The predicted molar refractivity (Wildman–Crippen MR) is 83.6 cm³/mol. The van der Waals surface area contributed by atoms with Gasteiger partial charge in [0.1, 0.15) is 0 Å². The average Bonchev–Trinajstić information content (AvgIpc) is 2.40. The summed E-state index contributed by atoms with van der Waals surface area (Å²) in [5.74, 6) is -0.0778. The molecule has 0 radical (unpaired) electrons. The highest BCUT2D eigenvalue weighted by molar-refractivity contribution is 6.30. The molecule has 0 spiro atoms. The maximum absolute atomic E-state index is 11.8. The molecule has 2 rings (SSSR count). The molecule has 3 N–H and O–H groups in total. The van der Waals surface area contributed by atoms with Crippen LogP contribution in [-0.4, -0.2) is 24.9 Å². The molecule has 0 aliphatic carbocycles. The summed E-state index contributed by atoms with van der Waals surface area (Å²) in [6.07, 6.45) is 0. The van der Waals surface area contributed by atoms with E-state index in [2.05, 4.69) is 5.32 Å². The molecule has 0 aromatic heterocycles. The van der Waals surface area contributed by atoms with E-state index in [0.717, 1.165) is 11.4 Å². The Bertz CT molecular complexity index is 641. The molecule has 0 saturated carbocycles. The number of nitrogens with zero attached hydrogens (tertiary/aromatic N) is 1. The summed E-state index contributed by atoms with van der Waals surface area (Å²) in [5, 5.41) is 3.82. The summed E-state index contributed by atoms with van der Waals surface area (Å²) < 4.78 is 0. The third kappa shape index (κ3) is 3.22. The number of benzene rings is 2. The molecule has 0 aliphatic heterocycles. The molecule has 2 aromatic carbocycles. The van der Waals surface area contributed by atoms with E-state index >= 15 is 0 Å². The largest absolute Gasteiger partial charge is 0.397 e. The van der Waals surface area contributed by atoms with Crippen molar-refractivity contribution < 1.29 is 4.79 Å². The van der Waals surface area contributed by atoms with E-state index in [0.29, 0.717) is 16.3 Å². The van der Waals surface area contributed by atoms with Crippen LogP contribution in [0.5, 0.6) is 0 Å². The summed E-state index contributed by atoms with van der Waals surface area (Å²) in [7, 11) is 3.41. The highest BCUT2D eigenvalue weighted by Crippen LogP contribution is 2.26. The van der Waals surface area contributed by atoms with Gasteiger partial charge in [-0.2, -0.15) is 0 Å². The third-order valence-electron chi connectivity index (χ3n) is 2.81. The average molecular weight is 290 g/mol. The van der Waals surface area contributed by atoms with Crippen LogP contribution >= 0.6 is 11.6 Å². The number of nitrogen functional groups attached to an aromatic ring is 1. The number of anilines is 3. The van der Waals surface area contributed by atoms with Crippen molar-refractivity contribution in [1.29, 1.82) is 0 Å². The number of nitrogens with two attached hydrogens (primary N) is 1. The molecule has 0 unspecified atom stereocenters. The lowest BCUT2D eigenvalue weighted by molar-refractivity contribution is 0.0827. The van der Waals surface area contributed by atoms with E-state index in [1.807, 2.05) is 12.1 Å². The van der Waals surface area contributed by atoms with Crippen LogP contribution in [0.25, 0.3) is 0 Å². The summed E-state index contributed by atoms with van der Waals surface area (Å²) in [5.41, 5.74) is 8.63. The van der Waals surface area contributed by atoms with E-state index in [1.165, 1.54) is 4.90 Å². The van der Waals surface area contributed by atoms with Crippen LogP contribution in [0.2, 0.25) is 5.02 Å². The van der Waals surface area contributed by atoms with Gasteiger partial charge in [-0.3, -0.25) is 4.79 Å². The zero-order valence-electron chi connectivity index (χ0n) is 11.4. The van der Waals surface area contributed by atoms with E-state index in [1.54, 1.807) is 44.4 Å². The molecule has 0 heterocycles. The van der Waals surface area contributed by atoms with Crippen molar-refractivity contribution in [1.82, 2.24) is 4.90 Å². The molecular weight excluding hydrogens is 274 g/mol. The lowest BCUT2D eigenvalue weighted by atomic mass is 10.1. The fourth-order valence-corrected chi connectivity index (χ4v) is 1.98. The van der Waals surface area contributed by atoms with Crippen LogP contribution in [-0.2, 0) is 0 Å². The normalized spacial score (nSPS) is 10.2. The number of rotatable bonds is 3. The second-order valence-corrected chi connectivity index (χ2v) is 5.07. The highest BCUT2D eigenvalue weighted by atomic mass is 35.5. The zero-order chi connectivity index (χ0) is 14.7. The van der Waals surface area contributed by atoms with Crippen molar-refractivity contribution in [2.24, 2.45) is 0 Å². The van der Waals surface area contributed by atoms with Gasteiger partial charge in [-0.15, -0.1) is 0 Å². The number of hydrogen-bond donors (Lipinski definition) is 2. The van der Waals surface area contributed by atoms with Crippen LogP contribution in [0, 0.1) is 0 Å². The Morgan fingerprint density at radius 1 is 1.20 bits per heavy atom. The molecule has 1 amide bonds. The van der Waals surface area contributed by atoms with Gasteiger partial charge < -0.3 is 16.0 Å². The molecule has 4 nitrogen and oxygen atoms in total. The lowest BCUT2D eigenvalue weighted by Gasteiger charge is -2.13. The third-order valence-corrected chi connectivity index (χ3v) is 3.04. The Morgan fingerprint density at radius 2 is 1.95 bits per heavy atom. The Balaban J connectivity index is 2.24. The molecule has 0 fully saturated rings. The van der Waals surface area contributed by atoms with E-state index < -0.39 is 0 Å². The van der Waals surface area contributed by atoms with Crippen molar-refractivity contribution in [3.05, 3.63) is 53.1 Å². The molecule has 0 bridgehead atoms. The van der Waals surface area contributed by atoms with E-state index in [-0.39, 0.29) is 5.91 Å². The Morgan fingerprint density at radius 3 is 2.55 bits per heavy atom. The first kappa shape index (κ1) is 14.2. The number of nitrogens with one attached hydrogen (secondary N) is 1. The van der Waals surface area contributed by atoms with E-state index in [9.17, 15) is 4.79 Å². The fourth-order valence-electron chi connectivity index (χ4n) is 1.79. The molecule has 2 aromatic rings. The van der Waals surface area contributed by atoms with Crippen LogP contribution in [0.1, 0.15) is 10.4 Å². The van der Waals surface area contributed by atoms with Gasteiger partial charge in [-0.25, -0.2) is 0 Å². The second-order valence-electron chi connectivity index (χ2n) is 4.64. The molecule has 104 valence electrons. The summed E-state index contributed by atoms with van der Waals surface area (Å²) in [6, 6.07) is 12.5. The maximum atomic E-state index is 11.8. The minimum absolute atomic E-state index is 0.0778. The molecule has 20 heavy (non-hydrogen) atoms. The van der Waals surface area contributed by atoms with Gasteiger partial charge in [0, 0.05) is 30.4 Å². The second kappa shape index (κ2) is 5.84. The minimum atomic E-state index is -0.0778. The molecular formula is C15H16ClN3O. The van der Waals surface area contributed by atoms with Crippen LogP contribution in [0.3, 0.4) is 0 Å². The first-order chi connectivity index (χ1) is 9.47. The quantitative estimate of drug-likeness (QED) is 0.852. The standard InChI is InChI=1S/C15H16ClN3O/c1-19(2)15(20)10-6-7-14(13(17)8-10)18-12-5-3-4-11(16)9-12/h3-9,18H,17H2,1-2H3. The number of hydrogen-bond acceptors (Lipinski definition) is 3. The Labute approximate surface area is 123 Å². The van der Waals surface area contributed by atoms with Crippen molar-refractivity contribution in [3.8, 4) is 0 Å². The van der Waals surface area contributed by atoms with Gasteiger partial charge >= 0.3 is 0 Å². The first-order valence-corrected chi connectivity index (χ1v) is 6.49. The molecule has 5 heteroatoms. The SMILES string of the molecule is CN(C)C(=O)c1ccc(Nc2cccc(Cl)c2)c(N)c1. The molecule has 0 saturated heterocycles. The summed E-state index contributed by atoms with van der Waals surface area (Å²) in [6.45, 7) is 0. The Kier molecular flexibility index (Phi) is 4.15. The number of carbonyl (C=O) groups is 1. The van der Waals surface area contributed by atoms with Gasteiger partial charge in [0.25, 0.3) is 5.91 Å². The smallest absolute Gasteiger partial charge is 0.253 e. The monoisotopic (exact) mass is 289 g/mol. The van der Waals surface area contributed by atoms with Crippen molar-refractivity contribution >= 4 is 34.6 Å². The fraction of sp³-hybridized carbons (Fsp3) is 0.133. The van der Waals surface area contributed by atoms with Gasteiger partial charge in [0.05, 0.1) is 11.4 Å². The van der Waals surface area contributed by atoms with Gasteiger partial charge in [0.2, 0.25) is 0 Å². The molecule has 0 atom stereocenters. The predicted octanol–water partition coefficient (Wildman–Crippen LogP) is 3.37. The van der Waals surface area contributed by atoms with Crippen molar-refractivity contribution in [3.63, 3.8) is 0 Å². The maximum Gasteiger partial charge on any atom is 0.253 e. The van der Waals surface area contributed by atoms with Crippen molar-refractivity contribution in [2.75, 3.05) is 25.1 Å². The Hall–Kier alpha value is -2.20. The number of carbonyl (C=O) groups excluding carboxylic acids is 1. The minimum Gasteiger partial charge on any atom is -0.397 e.